The van der Waals surface area contributed by atoms with Crippen molar-refractivity contribution in [1.82, 2.24) is 9.88 Å². The van der Waals surface area contributed by atoms with Crippen molar-refractivity contribution in [3.63, 3.8) is 0 Å². The van der Waals surface area contributed by atoms with Crippen LogP contribution in [0.2, 0.25) is 0 Å². The van der Waals surface area contributed by atoms with Gasteiger partial charge in [0.25, 0.3) is 11.5 Å². The van der Waals surface area contributed by atoms with E-state index < -0.39 is 17.3 Å². The Morgan fingerprint density at radius 1 is 1.30 bits per heavy atom. The molecule has 1 aromatic carbocycles. The van der Waals surface area contributed by atoms with E-state index in [9.17, 15) is 18.8 Å². The second-order valence-electron chi connectivity index (χ2n) is 6.85. The monoisotopic (exact) mass is 372 g/mol. The van der Waals surface area contributed by atoms with Crippen LogP contribution in [0.5, 0.6) is 0 Å². The summed E-state index contributed by atoms with van der Waals surface area (Å²) in [5.74, 6) is -0.917. The van der Waals surface area contributed by atoms with Gasteiger partial charge in [-0.05, 0) is 42.0 Å². The van der Waals surface area contributed by atoms with Gasteiger partial charge in [0.1, 0.15) is 11.4 Å². The van der Waals surface area contributed by atoms with Crippen molar-refractivity contribution in [1.29, 1.82) is 0 Å². The lowest BCUT2D eigenvalue weighted by Crippen LogP contribution is -2.32. The minimum atomic E-state index is -0.581. The molecule has 6 nitrogen and oxygen atoms in total. The number of nitrogens with zero attached hydrogens (tertiary/aromatic N) is 1. The number of halogens is 1. The zero-order valence-corrected chi connectivity index (χ0v) is 14.9. The van der Waals surface area contributed by atoms with Crippen molar-refractivity contribution < 1.29 is 19.1 Å². The number of carbonyl (C=O) groups excluding carboxylic acids is 2. The summed E-state index contributed by atoms with van der Waals surface area (Å²) in [6, 6.07) is 7.11. The summed E-state index contributed by atoms with van der Waals surface area (Å²) >= 11 is 0. The van der Waals surface area contributed by atoms with Gasteiger partial charge in [-0.15, -0.1) is 0 Å². The minimum absolute atomic E-state index is 0.0460. The van der Waals surface area contributed by atoms with Crippen molar-refractivity contribution in [2.45, 2.75) is 19.4 Å². The van der Waals surface area contributed by atoms with Crippen LogP contribution in [0.1, 0.15) is 39.1 Å². The van der Waals surface area contributed by atoms with E-state index in [1.54, 1.807) is 6.07 Å². The van der Waals surface area contributed by atoms with Crippen LogP contribution in [-0.2, 0) is 6.54 Å². The van der Waals surface area contributed by atoms with Gasteiger partial charge in [-0.25, -0.2) is 4.39 Å². The Bertz CT molecular complexity index is 938. The highest BCUT2D eigenvalue weighted by Crippen LogP contribution is 2.41. The van der Waals surface area contributed by atoms with E-state index in [0.717, 1.165) is 6.42 Å². The van der Waals surface area contributed by atoms with Crippen LogP contribution in [0.25, 0.3) is 0 Å². The molecule has 1 aliphatic rings. The van der Waals surface area contributed by atoms with Crippen molar-refractivity contribution in [2.24, 2.45) is 11.8 Å². The number of Topliss-reactive ketones (excluding diaryl/α,β-unsaturated/α-hetero) is 1. The first kappa shape index (κ1) is 19.0. The lowest BCUT2D eigenvalue weighted by atomic mass is 10.0. The number of carbonyl (C=O) groups is 2. The van der Waals surface area contributed by atoms with Gasteiger partial charge in [-0.2, -0.15) is 0 Å². The Balaban J connectivity index is 1.95. The molecule has 0 radical (unpaired) electrons. The second-order valence-corrected chi connectivity index (χ2v) is 6.85. The molecule has 0 spiro atoms. The fourth-order valence-corrected chi connectivity index (χ4v) is 3.17. The molecule has 1 saturated carbocycles. The molecule has 0 bridgehead atoms. The molecule has 2 atom stereocenters. The normalized spacial score (nSPS) is 18.2. The predicted octanol–water partition coefficient (Wildman–Crippen LogP) is 1.60. The Kier molecular flexibility index (Phi) is 5.51. The Hall–Kier alpha value is -2.80. The Morgan fingerprint density at radius 2 is 2.07 bits per heavy atom. The molecule has 0 aliphatic heterocycles. The molecular weight excluding hydrogens is 351 g/mol. The average molecular weight is 372 g/mol. The largest absolute Gasteiger partial charge is 0.396 e. The van der Waals surface area contributed by atoms with Crippen LogP contribution in [0, 0.1) is 17.7 Å². The highest BCUT2D eigenvalue weighted by atomic mass is 19.1. The maximum atomic E-state index is 13.4. The van der Waals surface area contributed by atoms with Crippen molar-refractivity contribution in [2.75, 3.05) is 13.7 Å². The minimum Gasteiger partial charge on any atom is -0.396 e. The molecule has 0 saturated heterocycles. The maximum absolute atomic E-state index is 13.4. The highest BCUT2D eigenvalue weighted by Gasteiger charge is 2.38. The zero-order valence-electron chi connectivity index (χ0n) is 14.9. The molecule has 1 aromatic heterocycles. The quantitative estimate of drug-likeness (QED) is 0.723. The van der Waals surface area contributed by atoms with Gasteiger partial charge >= 0.3 is 0 Å². The molecular formula is C20H21FN2O4. The predicted molar refractivity (Wildman–Crippen MR) is 97.2 cm³/mol. The summed E-state index contributed by atoms with van der Waals surface area (Å²) in [5.41, 5.74) is 0.129. The van der Waals surface area contributed by atoms with Gasteiger partial charge in [0.15, 0.2) is 5.78 Å². The van der Waals surface area contributed by atoms with Gasteiger partial charge in [-0.1, -0.05) is 12.1 Å². The number of aliphatic hydroxyl groups excluding tert-OH is 1. The number of hydrogen-bond donors (Lipinski definition) is 2. The molecule has 2 aromatic rings. The number of amides is 1. The van der Waals surface area contributed by atoms with Crippen LogP contribution in [0.4, 0.5) is 4.39 Å². The summed E-state index contributed by atoms with van der Waals surface area (Å²) in [6.45, 7) is 0.102. The first-order valence-electron chi connectivity index (χ1n) is 8.78. The number of benzene rings is 1. The molecule has 27 heavy (non-hydrogen) atoms. The maximum Gasteiger partial charge on any atom is 0.263 e. The van der Waals surface area contributed by atoms with Crippen LogP contribution in [-0.4, -0.2) is 35.0 Å². The Labute approximate surface area is 155 Å². The SMILES string of the molecule is CNC(=O)c1cc(C(=O)C[C@H]2C[C@@H]2CO)cn(Cc2cccc(F)c2)c1=O. The number of aliphatic hydroxyl groups is 1. The molecule has 2 N–H and O–H groups in total. The summed E-state index contributed by atoms with van der Waals surface area (Å²) in [4.78, 5) is 37.3. The summed E-state index contributed by atoms with van der Waals surface area (Å²) in [6.07, 6.45) is 2.47. The highest BCUT2D eigenvalue weighted by molar-refractivity contribution is 6.00. The molecule has 3 rings (SSSR count). The fourth-order valence-electron chi connectivity index (χ4n) is 3.17. The van der Waals surface area contributed by atoms with E-state index in [0.29, 0.717) is 5.56 Å². The van der Waals surface area contributed by atoms with E-state index in [1.165, 1.54) is 42.1 Å². The van der Waals surface area contributed by atoms with Gasteiger partial charge in [-0.3, -0.25) is 14.4 Å². The third-order valence-electron chi connectivity index (χ3n) is 4.87. The summed E-state index contributed by atoms with van der Waals surface area (Å²) in [5, 5.41) is 11.5. The first-order chi connectivity index (χ1) is 12.9. The lowest BCUT2D eigenvalue weighted by molar-refractivity contribution is 0.0961. The number of ketones is 1. The van der Waals surface area contributed by atoms with Crippen LogP contribution < -0.4 is 10.9 Å². The third kappa shape index (κ3) is 4.31. The number of hydrogen-bond acceptors (Lipinski definition) is 4. The van der Waals surface area contributed by atoms with Gasteiger partial charge in [0.05, 0.1) is 6.54 Å². The van der Waals surface area contributed by atoms with Crippen LogP contribution in [0.15, 0.2) is 41.3 Å². The molecule has 7 heteroatoms. The van der Waals surface area contributed by atoms with Crippen LogP contribution in [0.3, 0.4) is 0 Å². The first-order valence-corrected chi connectivity index (χ1v) is 8.78. The molecule has 1 heterocycles. The van der Waals surface area contributed by atoms with E-state index in [1.807, 2.05) is 0 Å². The van der Waals surface area contributed by atoms with Gasteiger partial charge < -0.3 is 15.0 Å². The van der Waals surface area contributed by atoms with Crippen molar-refractivity contribution >= 4 is 11.7 Å². The molecule has 0 unspecified atom stereocenters. The zero-order chi connectivity index (χ0) is 19.6. The standard InChI is InChI=1S/C20H21FN2O4/c1-22-19(26)17-7-14(18(25)8-13-6-15(13)11-24)10-23(20(17)27)9-12-3-2-4-16(21)5-12/h2-5,7,10,13,15,24H,6,8-9,11H2,1H3,(H,22,26)/t13-,15-/m1/s1. The van der Waals surface area contributed by atoms with Crippen molar-refractivity contribution in [3.8, 4) is 0 Å². The summed E-state index contributed by atoms with van der Waals surface area (Å²) in [7, 11) is 1.41. The lowest BCUT2D eigenvalue weighted by Gasteiger charge is -2.11. The molecule has 1 amide bonds. The van der Waals surface area contributed by atoms with Gasteiger partial charge in [0, 0.05) is 31.8 Å². The number of rotatable bonds is 7. The topological polar surface area (TPSA) is 88.4 Å². The molecule has 1 fully saturated rings. The second kappa shape index (κ2) is 7.84. The smallest absolute Gasteiger partial charge is 0.263 e. The van der Waals surface area contributed by atoms with E-state index in [2.05, 4.69) is 5.32 Å². The number of aromatic nitrogens is 1. The van der Waals surface area contributed by atoms with Crippen LogP contribution >= 0.6 is 0 Å². The van der Waals surface area contributed by atoms with E-state index >= 15 is 0 Å². The molecule has 1 aliphatic carbocycles. The molecule has 142 valence electrons. The van der Waals surface area contributed by atoms with Crippen molar-refractivity contribution in [3.05, 3.63) is 69.4 Å². The average Bonchev–Trinajstić information content (AvgIpc) is 3.40. The summed E-state index contributed by atoms with van der Waals surface area (Å²) < 4.78 is 14.7. The number of pyridine rings is 1. The van der Waals surface area contributed by atoms with Gasteiger partial charge in [0.2, 0.25) is 0 Å². The fraction of sp³-hybridized carbons (Fsp3) is 0.350. The van der Waals surface area contributed by atoms with E-state index in [4.69, 9.17) is 5.11 Å². The third-order valence-corrected chi connectivity index (χ3v) is 4.87. The van der Waals surface area contributed by atoms with E-state index in [-0.39, 0.29) is 48.3 Å². The Morgan fingerprint density at radius 3 is 2.70 bits per heavy atom. The number of nitrogens with one attached hydrogen (secondary N) is 1.